The molecule has 0 aliphatic heterocycles. The lowest BCUT2D eigenvalue weighted by molar-refractivity contribution is 0.208. The number of rotatable bonds is 4. The van der Waals surface area contributed by atoms with Crippen molar-refractivity contribution in [3.05, 3.63) is 29.8 Å². The van der Waals surface area contributed by atoms with Crippen LogP contribution in [0.1, 0.15) is 12.5 Å². The van der Waals surface area contributed by atoms with Crippen molar-refractivity contribution in [2.45, 2.75) is 13.0 Å². The fourth-order valence-corrected chi connectivity index (χ4v) is 1.13. The van der Waals surface area contributed by atoms with Crippen LogP contribution in [0.25, 0.3) is 0 Å². The minimum atomic E-state index is -0.421. The molecule has 1 aromatic rings. The Morgan fingerprint density at radius 2 is 2.13 bits per heavy atom. The third-order valence-electron chi connectivity index (χ3n) is 1.81. The van der Waals surface area contributed by atoms with Gasteiger partial charge in [0.1, 0.15) is 5.84 Å². The quantitative estimate of drug-likeness (QED) is 0.462. The van der Waals surface area contributed by atoms with E-state index < -0.39 is 6.10 Å². The molecule has 84 valence electrons. The number of benzene rings is 1. The fourth-order valence-electron chi connectivity index (χ4n) is 1.13. The Morgan fingerprint density at radius 3 is 2.67 bits per heavy atom. The second kappa shape index (κ2) is 6.27. The van der Waals surface area contributed by atoms with Gasteiger partial charge in [-0.25, -0.2) is 0 Å². The van der Waals surface area contributed by atoms with E-state index in [2.05, 4.69) is 5.32 Å². The lowest BCUT2D eigenvalue weighted by atomic mass is 10.1. The predicted molar refractivity (Wildman–Crippen MR) is 64.9 cm³/mol. The Labute approximate surface area is 95.4 Å². The number of aliphatic hydroxyl groups excluding tert-OH is 1. The highest BCUT2D eigenvalue weighted by molar-refractivity contribution is 6.00. The first-order valence-corrected chi connectivity index (χ1v) is 4.46. The van der Waals surface area contributed by atoms with Gasteiger partial charge in [0.2, 0.25) is 0 Å². The van der Waals surface area contributed by atoms with Crippen molar-refractivity contribution in [1.29, 1.82) is 5.41 Å². The molecular weight excluding hydrogens is 214 g/mol. The van der Waals surface area contributed by atoms with E-state index in [0.717, 1.165) is 5.69 Å². The fraction of sp³-hybridized carbons (Fsp3) is 0.300. The smallest absolute Gasteiger partial charge is 0.124 e. The van der Waals surface area contributed by atoms with E-state index >= 15 is 0 Å². The van der Waals surface area contributed by atoms with Gasteiger partial charge in [-0.1, -0.05) is 12.1 Å². The van der Waals surface area contributed by atoms with E-state index in [1.54, 1.807) is 13.0 Å². The summed E-state index contributed by atoms with van der Waals surface area (Å²) >= 11 is 0. The molecular formula is C10H16ClN3O. The van der Waals surface area contributed by atoms with Crippen LogP contribution in [0.2, 0.25) is 0 Å². The maximum Gasteiger partial charge on any atom is 0.124 e. The highest BCUT2D eigenvalue weighted by Crippen LogP contribution is 2.13. The van der Waals surface area contributed by atoms with Gasteiger partial charge in [0.05, 0.1) is 6.10 Å². The second-order valence-electron chi connectivity index (χ2n) is 3.19. The molecule has 0 heterocycles. The second-order valence-corrected chi connectivity index (χ2v) is 3.19. The zero-order valence-electron chi connectivity index (χ0n) is 8.53. The van der Waals surface area contributed by atoms with Gasteiger partial charge in [0.15, 0.2) is 0 Å². The Hall–Kier alpha value is -1.26. The molecule has 1 rings (SSSR count). The van der Waals surface area contributed by atoms with Gasteiger partial charge in [-0.15, -0.1) is 12.4 Å². The van der Waals surface area contributed by atoms with Crippen molar-refractivity contribution >= 4 is 23.9 Å². The number of aliphatic hydroxyl groups is 1. The van der Waals surface area contributed by atoms with Gasteiger partial charge in [0.25, 0.3) is 0 Å². The lowest BCUT2D eigenvalue weighted by Gasteiger charge is -2.11. The van der Waals surface area contributed by atoms with Crippen LogP contribution < -0.4 is 11.1 Å². The first kappa shape index (κ1) is 13.7. The monoisotopic (exact) mass is 229 g/mol. The van der Waals surface area contributed by atoms with E-state index in [4.69, 9.17) is 16.2 Å². The van der Waals surface area contributed by atoms with Crippen LogP contribution in [0.3, 0.4) is 0 Å². The van der Waals surface area contributed by atoms with Crippen LogP contribution in [0, 0.1) is 5.41 Å². The average molecular weight is 230 g/mol. The van der Waals surface area contributed by atoms with Crippen LogP contribution in [0.15, 0.2) is 24.3 Å². The Balaban J connectivity index is 0.00000196. The predicted octanol–water partition coefficient (Wildman–Crippen LogP) is 1.19. The van der Waals surface area contributed by atoms with E-state index in [-0.39, 0.29) is 18.2 Å². The summed E-state index contributed by atoms with van der Waals surface area (Å²) in [5.41, 5.74) is 6.84. The summed E-state index contributed by atoms with van der Waals surface area (Å²) < 4.78 is 0. The molecule has 4 nitrogen and oxygen atoms in total. The summed E-state index contributed by atoms with van der Waals surface area (Å²) in [6.45, 7) is 2.15. The number of hydrogen-bond acceptors (Lipinski definition) is 3. The summed E-state index contributed by atoms with van der Waals surface area (Å²) in [5, 5.41) is 19.5. The summed E-state index contributed by atoms with van der Waals surface area (Å²) in [6, 6.07) is 7.28. The van der Waals surface area contributed by atoms with Crippen LogP contribution >= 0.6 is 12.4 Å². The number of anilines is 1. The van der Waals surface area contributed by atoms with Gasteiger partial charge in [0, 0.05) is 17.8 Å². The first-order valence-electron chi connectivity index (χ1n) is 4.46. The minimum absolute atomic E-state index is 0. The van der Waals surface area contributed by atoms with Crippen molar-refractivity contribution in [3.63, 3.8) is 0 Å². The molecule has 1 unspecified atom stereocenters. The summed E-state index contributed by atoms with van der Waals surface area (Å²) in [6.07, 6.45) is -0.421. The van der Waals surface area contributed by atoms with Crippen molar-refractivity contribution in [1.82, 2.24) is 0 Å². The average Bonchev–Trinajstić information content (AvgIpc) is 2.15. The molecule has 0 amide bonds. The molecule has 0 aliphatic rings. The molecule has 1 aromatic carbocycles. The topological polar surface area (TPSA) is 82.1 Å². The molecule has 0 saturated carbocycles. The standard InChI is InChI=1S/C10H15N3O.ClH/c1-7(14)6-13-9-5-3-2-4-8(9)10(11)12;/h2-5,7,13-14H,6H2,1H3,(H3,11,12);1H. The lowest BCUT2D eigenvalue weighted by Crippen LogP contribution is -2.19. The zero-order chi connectivity index (χ0) is 10.6. The third-order valence-corrected chi connectivity index (χ3v) is 1.81. The molecule has 0 aromatic heterocycles. The summed E-state index contributed by atoms with van der Waals surface area (Å²) in [4.78, 5) is 0. The summed E-state index contributed by atoms with van der Waals surface area (Å²) in [7, 11) is 0. The Morgan fingerprint density at radius 1 is 1.53 bits per heavy atom. The molecule has 0 bridgehead atoms. The normalized spacial score (nSPS) is 11.3. The number of halogens is 1. The van der Waals surface area contributed by atoms with Crippen molar-refractivity contribution in [2.24, 2.45) is 5.73 Å². The first-order chi connectivity index (χ1) is 6.61. The van der Waals surface area contributed by atoms with Gasteiger partial charge in [-0.3, -0.25) is 5.41 Å². The molecule has 1 atom stereocenters. The van der Waals surface area contributed by atoms with Gasteiger partial charge in [-0.2, -0.15) is 0 Å². The molecule has 15 heavy (non-hydrogen) atoms. The number of nitrogens with one attached hydrogen (secondary N) is 2. The van der Waals surface area contributed by atoms with Crippen LogP contribution in [0.4, 0.5) is 5.69 Å². The maximum absolute atomic E-state index is 9.10. The molecule has 0 aliphatic carbocycles. The molecule has 0 radical (unpaired) electrons. The summed E-state index contributed by atoms with van der Waals surface area (Å²) in [5.74, 6) is 0.0266. The molecule has 5 N–H and O–H groups in total. The van der Waals surface area contributed by atoms with Crippen molar-refractivity contribution < 1.29 is 5.11 Å². The van der Waals surface area contributed by atoms with Gasteiger partial charge >= 0.3 is 0 Å². The number of para-hydroxylation sites is 1. The maximum atomic E-state index is 9.10. The van der Waals surface area contributed by atoms with Crippen molar-refractivity contribution in [3.8, 4) is 0 Å². The molecule has 0 saturated heterocycles. The Bertz CT molecular complexity index is 328. The highest BCUT2D eigenvalue weighted by Gasteiger charge is 2.04. The van der Waals surface area contributed by atoms with E-state index in [0.29, 0.717) is 12.1 Å². The number of hydrogen-bond donors (Lipinski definition) is 4. The van der Waals surface area contributed by atoms with E-state index in [1.165, 1.54) is 0 Å². The van der Waals surface area contributed by atoms with Crippen molar-refractivity contribution in [2.75, 3.05) is 11.9 Å². The molecule has 5 heteroatoms. The number of nitrogen functional groups attached to an aromatic ring is 1. The van der Waals surface area contributed by atoms with E-state index in [1.807, 2.05) is 18.2 Å². The number of amidine groups is 1. The SMILES string of the molecule is CC(O)CNc1ccccc1C(=N)N.Cl. The molecule has 0 fully saturated rings. The van der Waals surface area contributed by atoms with Crippen LogP contribution in [-0.4, -0.2) is 23.6 Å². The van der Waals surface area contributed by atoms with E-state index in [9.17, 15) is 0 Å². The molecule has 0 spiro atoms. The number of nitrogens with two attached hydrogens (primary N) is 1. The Kier molecular flexibility index (Phi) is 5.74. The third kappa shape index (κ3) is 4.18. The van der Waals surface area contributed by atoms with Crippen LogP contribution in [0.5, 0.6) is 0 Å². The zero-order valence-corrected chi connectivity index (χ0v) is 9.34. The largest absolute Gasteiger partial charge is 0.392 e. The van der Waals surface area contributed by atoms with Gasteiger partial charge < -0.3 is 16.2 Å². The van der Waals surface area contributed by atoms with Gasteiger partial charge in [-0.05, 0) is 19.1 Å². The van der Waals surface area contributed by atoms with Crippen LogP contribution in [-0.2, 0) is 0 Å². The highest BCUT2D eigenvalue weighted by atomic mass is 35.5. The minimum Gasteiger partial charge on any atom is -0.392 e.